The number of thioether (sulfide) groups is 1. The summed E-state index contributed by atoms with van der Waals surface area (Å²) in [6.45, 7) is 1.25. The van der Waals surface area contributed by atoms with Crippen molar-refractivity contribution in [2.75, 3.05) is 26.5 Å². The van der Waals surface area contributed by atoms with Crippen molar-refractivity contribution >= 4 is 28.8 Å². The number of carbonyl (C=O) groups excluding carboxylic acids is 1. The van der Waals surface area contributed by atoms with E-state index in [1.54, 1.807) is 20.4 Å². The number of pyridine rings is 1. The highest BCUT2D eigenvalue weighted by atomic mass is 32.2. The normalized spacial score (nSPS) is 10.8. The molecule has 0 radical (unpaired) electrons. The second-order valence-electron chi connectivity index (χ2n) is 3.85. The van der Waals surface area contributed by atoms with Gasteiger partial charge in [-0.2, -0.15) is 0 Å². The second-order valence-corrected chi connectivity index (χ2v) is 4.79. The van der Waals surface area contributed by atoms with Crippen LogP contribution in [0.25, 0.3) is 11.2 Å². The van der Waals surface area contributed by atoms with Gasteiger partial charge in [-0.15, -0.1) is 0 Å². The van der Waals surface area contributed by atoms with Gasteiger partial charge in [-0.05, 0) is 12.1 Å². The van der Waals surface area contributed by atoms with E-state index in [1.165, 1.54) is 11.8 Å². The van der Waals surface area contributed by atoms with E-state index in [9.17, 15) is 4.79 Å². The number of imidazole rings is 1. The Morgan fingerprint density at radius 3 is 3.16 bits per heavy atom. The van der Waals surface area contributed by atoms with Gasteiger partial charge < -0.3 is 14.6 Å². The van der Waals surface area contributed by atoms with Crippen LogP contribution in [0.2, 0.25) is 0 Å². The van der Waals surface area contributed by atoms with Gasteiger partial charge in [0.05, 0.1) is 18.9 Å². The standard InChI is InChI=1S/C12H16N4O2S/c1-13-10(17)8-19-12-15-9-4-3-5-14-11(9)16(12)6-7-18-2/h3-5H,6-8H2,1-2H3,(H,13,17). The lowest BCUT2D eigenvalue weighted by Crippen LogP contribution is -2.20. The van der Waals surface area contributed by atoms with Gasteiger partial charge in [-0.1, -0.05) is 11.8 Å². The zero-order valence-corrected chi connectivity index (χ0v) is 11.7. The summed E-state index contributed by atoms with van der Waals surface area (Å²) in [4.78, 5) is 20.1. The summed E-state index contributed by atoms with van der Waals surface area (Å²) < 4.78 is 7.08. The minimum absolute atomic E-state index is 0.0247. The SMILES string of the molecule is CNC(=O)CSc1nc2cccnc2n1CCOC. The number of nitrogens with one attached hydrogen (secondary N) is 1. The molecule has 0 unspecified atom stereocenters. The quantitative estimate of drug-likeness (QED) is 0.797. The number of rotatable bonds is 6. The highest BCUT2D eigenvalue weighted by Gasteiger charge is 2.13. The fraction of sp³-hybridized carbons (Fsp3) is 0.417. The molecule has 0 spiro atoms. The molecule has 2 rings (SSSR count). The first-order valence-electron chi connectivity index (χ1n) is 5.90. The molecule has 6 nitrogen and oxygen atoms in total. The lowest BCUT2D eigenvalue weighted by atomic mass is 10.4. The van der Waals surface area contributed by atoms with Crippen LogP contribution in [0.4, 0.5) is 0 Å². The molecule has 2 heterocycles. The zero-order valence-electron chi connectivity index (χ0n) is 10.9. The van der Waals surface area contributed by atoms with E-state index < -0.39 is 0 Å². The first kappa shape index (κ1) is 13.8. The van der Waals surface area contributed by atoms with Crippen LogP contribution < -0.4 is 5.32 Å². The van der Waals surface area contributed by atoms with Crippen LogP contribution in [0.1, 0.15) is 0 Å². The molecule has 2 aromatic heterocycles. The Balaban J connectivity index is 2.27. The number of nitrogens with zero attached hydrogens (tertiary/aromatic N) is 3. The van der Waals surface area contributed by atoms with Crippen molar-refractivity contribution in [2.45, 2.75) is 11.7 Å². The lowest BCUT2D eigenvalue weighted by Gasteiger charge is -2.07. The molecule has 0 saturated carbocycles. The number of amides is 1. The molecular formula is C12H16N4O2S. The number of ether oxygens (including phenoxy) is 1. The average Bonchev–Trinajstić information content (AvgIpc) is 2.80. The molecule has 0 atom stereocenters. The third-order valence-electron chi connectivity index (χ3n) is 2.60. The topological polar surface area (TPSA) is 69.0 Å². The van der Waals surface area contributed by atoms with Crippen molar-refractivity contribution in [3.05, 3.63) is 18.3 Å². The van der Waals surface area contributed by atoms with Gasteiger partial charge in [-0.3, -0.25) is 4.79 Å². The van der Waals surface area contributed by atoms with Gasteiger partial charge in [0, 0.05) is 20.4 Å². The van der Waals surface area contributed by atoms with E-state index in [0.29, 0.717) is 18.9 Å². The van der Waals surface area contributed by atoms with Crippen LogP contribution in [0.5, 0.6) is 0 Å². The fourth-order valence-electron chi connectivity index (χ4n) is 1.63. The molecule has 0 aliphatic carbocycles. The molecule has 0 bridgehead atoms. The van der Waals surface area contributed by atoms with Gasteiger partial charge in [0.25, 0.3) is 0 Å². The van der Waals surface area contributed by atoms with Crippen LogP contribution >= 0.6 is 11.8 Å². The molecule has 0 fully saturated rings. The number of fused-ring (bicyclic) bond motifs is 1. The smallest absolute Gasteiger partial charge is 0.230 e. The van der Waals surface area contributed by atoms with Crippen molar-refractivity contribution in [3.8, 4) is 0 Å². The Labute approximate surface area is 115 Å². The molecule has 1 N–H and O–H groups in total. The molecule has 0 saturated heterocycles. The Bertz CT molecular complexity index is 570. The van der Waals surface area contributed by atoms with Crippen LogP contribution in [0.15, 0.2) is 23.5 Å². The predicted molar refractivity (Wildman–Crippen MR) is 74.2 cm³/mol. The van der Waals surface area contributed by atoms with Crippen molar-refractivity contribution in [3.63, 3.8) is 0 Å². The molecule has 1 amide bonds. The minimum atomic E-state index is -0.0247. The van der Waals surface area contributed by atoms with E-state index >= 15 is 0 Å². The maximum atomic E-state index is 11.3. The number of methoxy groups -OCH3 is 1. The summed E-state index contributed by atoms with van der Waals surface area (Å²) in [5, 5.41) is 3.38. The fourth-order valence-corrected chi connectivity index (χ4v) is 2.54. The second kappa shape index (κ2) is 6.53. The average molecular weight is 280 g/mol. The Morgan fingerprint density at radius 1 is 1.58 bits per heavy atom. The van der Waals surface area contributed by atoms with Gasteiger partial charge >= 0.3 is 0 Å². The Hall–Kier alpha value is -1.60. The van der Waals surface area contributed by atoms with Gasteiger partial charge in [-0.25, -0.2) is 9.97 Å². The zero-order chi connectivity index (χ0) is 13.7. The molecule has 19 heavy (non-hydrogen) atoms. The summed E-state index contributed by atoms with van der Waals surface area (Å²) in [6, 6.07) is 3.76. The summed E-state index contributed by atoms with van der Waals surface area (Å²) >= 11 is 1.40. The minimum Gasteiger partial charge on any atom is -0.383 e. The highest BCUT2D eigenvalue weighted by Crippen LogP contribution is 2.22. The third kappa shape index (κ3) is 3.24. The maximum absolute atomic E-state index is 11.3. The highest BCUT2D eigenvalue weighted by molar-refractivity contribution is 7.99. The Morgan fingerprint density at radius 2 is 2.42 bits per heavy atom. The van der Waals surface area contributed by atoms with Crippen LogP contribution in [0.3, 0.4) is 0 Å². The lowest BCUT2D eigenvalue weighted by molar-refractivity contribution is -0.118. The van der Waals surface area contributed by atoms with Gasteiger partial charge in [0.1, 0.15) is 5.52 Å². The summed E-state index contributed by atoms with van der Waals surface area (Å²) in [6.07, 6.45) is 1.74. The first-order valence-corrected chi connectivity index (χ1v) is 6.88. The van der Waals surface area contributed by atoms with Crippen molar-refractivity contribution in [1.82, 2.24) is 19.9 Å². The molecule has 0 aromatic carbocycles. The van der Waals surface area contributed by atoms with Gasteiger partial charge in [0.2, 0.25) is 5.91 Å². The Kier molecular flexibility index (Phi) is 4.75. The van der Waals surface area contributed by atoms with E-state index in [1.807, 2.05) is 16.7 Å². The monoisotopic (exact) mass is 280 g/mol. The van der Waals surface area contributed by atoms with Crippen molar-refractivity contribution < 1.29 is 9.53 Å². The number of hydrogen-bond acceptors (Lipinski definition) is 5. The molecule has 7 heteroatoms. The predicted octanol–water partition coefficient (Wildman–Crippen LogP) is 0.916. The molecule has 0 aliphatic rings. The van der Waals surface area contributed by atoms with Crippen LogP contribution in [-0.2, 0) is 16.1 Å². The van der Waals surface area contributed by atoms with E-state index in [4.69, 9.17) is 4.74 Å². The third-order valence-corrected chi connectivity index (χ3v) is 3.58. The van der Waals surface area contributed by atoms with E-state index in [-0.39, 0.29) is 5.91 Å². The number of aromatic nitrogens is 3. The van der Waals surface area contributed by atoms with Gasteiger partial charge in [0.15, 0.2) is 10.8 Å². The van der Waals surface area contributed by atoms with Crippen molar-refractivity contribution in [1.29, 1.82) is 0 Å². The maximum Gasteiger partial charge on any atom is 0.230 e. The molecule has 2 aromatic rings. The molecule has 102 valence electrons. The largest absolute Gasteiger partial charge is 0.383 e. The molecular weight excluding hydrogens is 264 g/mol. The van der Waals surface area contributed by atoms with Crippen LogP contribution in [0, 0.1) is 0 Å². The van der Waals surface area contributed by atoms with E-state index in [0.717, 1.165) is 16.3 Å². The molecule has 0 aliphatic heterocycles. The van der Waals surface area contributed by atoms with Crippen molar-refractivity contribution in [2.24, 2.45) is 0 Å². The summed E-state index contributed by atoms with van der Waals surface area (Å²) in [5.74, 6) is 0.315. The summed E-state index contributed by atoms with van der Waals surface area (Å²) in [7, 11) is 3.28. The van der Waals surface area contributed by atoms with Crippen LogP contribution in [-0.4, -0.2) is 47.0 Å². The summed E-state index contributed by atoms with van der Waals surface area (Å²) in [5.41, 5.74) is 1.65. The first-order chi connectivity index (χ1) is 9.26. The number of hydrogen-bond donors (Lipinski definition) is 1. The van der Waals surface area contributed by atoms with E-state index in [2.05, 4.69) is 15.3 Å². The number of carbonyl (C=O) groups is 1.